The molecule has 1 saturated heterocycles. The van der Waals surface area contributed by atoms with Crippen LogP contribution in [0.2, 0.25) is 0 Å². The fraction of sp³-hybridized carbons (Fsp3) is 0.323. The molecule has 0 amide bonds. The lowest BCUT2D eigenvalue weighted by atomic mass is 10.1. The Hall–Kier alpha value is -3.65. The quantitative estimate of drug-likeness (QED) is 0.305. The summed E-state index contributed by atoms with van der Waals surface area (Å²) in [4.78, 5) is 4.96. The maximum absolute atomic E-state index is 6.28. The van der Waals surface area contributed by atoms with Crippen molar-refractivity contribution in [2.75, 3.05) is 39.3 Å². The lowest BCUT2D eigenvalue weighted by Gasteiger charge is -2.38. The smallest absolute Gasteiger partial charge is 0.176 e. The van der Waals surface area contributed by atoms with Gasteiger partial charge < -0.3 is 4.74 Å². The highest BCUT2D eigenvalue weighted by molar-refractivity contribution is 5.49. The minimum absolute atomic E-state index is 0.0465. The zero-order chi connectivity index (χ0) is 26.2. The molecule has 0 bridgehead atoms. The number of aromatic nitrogens is 4. The molecule has 0 spiro atoms. The second-order valence-corrected chi connectivity index (χ2v) is 9.86. The van der Waals surface area contributed by atoms with Crippen molar-refractivity contribution in [3.63, 3.8) is 0 Å². The molecule has 0 aliphatic carbocycles. The monoisotopic (exact) mass is 508 g/mol. The number of para-hydroxylation sites is 1. The first kappa shape index (κ1) is 26.0. The van der Waals surface area contributed by atoms with E-state index in [-0.39, 0.29) is 6.04 Å². The third-order valence-electron chi connectivity index (χ3n) is 7.15. The van der Waals surface area contributed by atoms with Crippen LogP contribution >= 0.6 is 0 Å². The van der Waals surface area contributed by atoms with Gasteiger partial charge in [-0.2, -0.15) is 4.68 Å². The van der Waals surface area contributed by atoms with Gasteiger partial charge in [-0.15, -0.1) is 5.10 Å². The fourth-order valence-electron chi connectivity index (χ4n) is 5.07. The van der Waals surface area contributed by atoms with Crippen LogP contribution in [0.3, 0.4) is 0 Å². The Kier molecular flexibility index (Phi) is 8.71. The fourth-order valence-corrected chi connectivity index (χ4v) is 5.07. The molecule has 2 heterocycles. The molecule has 3 aromatic carbocycles. The number of hydrogen-bond acceptors (Lipinski definition) is 6. The topological polar surface area (TPSA) is 59.3 Å². The minimum Gasteiger partial charge on any atom is -0.375 e. The van der Waals surface area contributed by atoms with Crippen molar-refractivity contribution in [3.8, 4) is 5.69 Å². The largest absolute Gasteiger partial charge is 0.375 e. The second-order valence-electron chi connectivity index (χ2n) is 9.86. The highest BCUT2D eigenvalue weighted by atomic mass is 16.5. The summed E-state index contributed by atoms with van der Waals surface area (Å²) in [5, 5.41) is 13.1. The highest BCUT2D eigenvalue weighted by Crippen LogP contribution is 2.26. The van der Waals surface area contributed by atoms with Crippen molar-refractivity contribution < 1.29 is 4.74 Å². The first-order valence-corrected chi connectivity index (χ1v) is 13.3. The molecular weight excluding hydrogens is 472 g/mol. The predicted molar refractivity (Wildman–Crippen MR) is 151 cm³/mol. The summed E-state index contributed by atoms with van der Waals surface area (Å²) in [6.45, 7) is 10.1. The number of benzene rings is 3. The number of aryl methyl sites for hydroxylation is 2. The van der Waals surface area contributed by atoms with E-state index >= 15 is 0 Å². The number of hydrogen-bond donors (Lipinski definition) is 0. The average Bonchev–Trinajstić information content (AvgIpc) is 3.42. The van der Waals surface area contributed by atoms with Crippen LogP contribution in [0.4, 0.5) is 0 Å². The summed E-state index contributed by atoms with van der Waals surface area (Å²) in [6.07, 6.45) is 4.46. The van der Waals surface area contributed by atoms with Crippen molar-refractivity contribution in [1.29, 1.82) is 0 Å². The molecule has 4 aromatic rings. The van der Waals surface area contributed by atoms with E-state index in [4.69, 9.17) is 4.74 Å². The van der Waals surface area contributed by atoms with E-state index in [1.165, 1.54) is 5.56 Å². The summed E-state index contributed by atoms with van der Waals surface area (Å²) < 4.78 is 8.19. The van der Waals surface area contributed by atoms with E-state index in [9.17, 15) is 0 Å². The summed E-state index contributed by atoms with van der Waals surface area (Å²) in [5.41, 5.74) is 5.75. The molecule has 0 saturated carbocycles. The van der Waals surface area contributed by atoms with Gasteiger partial charge in [0.25, 0.3) is 0 Å². The lowest BCUT2D eigenvalue weighted by Crippen LogP contribution is -2.49. The van der Waals surface area contributed by atoms with Gasteiger partial charge in [0, 0.05) is 32.7 Å². The van der Waals surface area contributed by atoms with Crippen LogP contribution in [-0.4, -0.2) is 69.3 Å². The van der Waals surface area contributed by atoms with Gasteiger partial charge in [-0.25, -0.2) is 0 Å². The number of piperazine rings is 1. The zero-order valence-electron chi connectivity index (χ0n) is 22.3. The summed E-state index contributed by atoms with van der Waals surface area (Å²) in [5.74, 6) is 0.827. The van der Waals surface area contributed by atoms with E-state index in [0.29, 0.717) is 13.2 Å². The summed E-state index contributed by atoms with van der Waals surface area (Å²) >= 11 is 0. The van der Waals surface area contributed by atoms with Gasteiger partial charge in [0.05, 0.1) is 24.9 Å². The molecule has 0 N–H and O–H groups in total. The van der Waals surface area contributed by atoms with Crippen LogP contribution in [-0.2, 0) is 11.3 Å². The first-order chi connectivity index (χ1) is 18.7. The van der Waals surface area contributed by atoms with Gasteiger partial charge in [0.1, 0.15) is 0 Å². The molecule has 38 heavy (non-hydrogen) atoms. The molecule has 1 aliphatic rings. The van der Waals surface area contributed by atoms with Gasteiger partial charge in [-0.05, 0) is 46.5 Å². The standard InChI is InChI=1S/C31H36N6O/c1-25-11-9-12-26(2)30(25)37-31(32-33-34-37)29(24-38-23-28-15-7-4-8-16-28)36-21-19-35(20-22-36)18-10-17-27-13-5-3-6-14-27/h3-17,29H,18-24H2,1-2H3/b17-10+/t29-/m0/s1. The number of tetrazole rings is 1. The molecule has 1 aliphatic heterocycles. The molecule has 7 heteroatoms. The van der Waals surface area contributed by atoms with Crippen LogP contribution in [0.5, 0.6) is 0 Å². The van der Waals surface area contributed by atoms with Crippen LogP contribution in [0.15, 0.2) is 84.9 Å². The van der Waals surface area contributed by atoms with Gasteiger partial charge >= 0.3 is 0 Å². The van der Waals surface area contributed by atoms with Gasteiger partial charge in [-0.1, -0.05) is 91.0 Å². The maximum atomic E-state index is 6.28. The molecule has 0 radical (unpaired) electrons. The van der Waals surface area contributed by atoms with E-state index in [0.717, 1.165) is 60.9 Å². The van der Waals surface area contributed by atoms with Crippen LogP contribution < -0.4 is 0 Å². The Morgan fingerprint density at radius 3 is 2.24 bits per heavy atom. The van der Waals surface area contributed by atoms with Crippen LogP contribution in [0, 0.1) is 13.8 Å². The molecular formula is C31H36N6O. The average molecular weight is 509 g/mol. The zero-order valence-corrected chi connectivity index (χ0v) is 22.3. The van der Waals surface area contributed by atoms with Crippen molar-refractivity contribution in [1.82, 2.24) is 30.0 Å². The van der Waals surface area contributed by atoms with Crippen LogP contribution in [0.1, 0.15) is 34.1 Å². The van der Waals surface area contributed by atoms with E-state index in [1.807, 2.05) is 28.9 Å². The maximum Gasteiger partial charge on any atom is 0.176 e. The molecule has 1 fully saturated rings. The second kappa shape index (κ2) is 12.7. The van der Waals surface area contributed by atoms with Gasteiger partial charge in [-0.3, -0.25) is 9.80 Å². The van der Waals surface area contributed by atoms with E-state index in [2.05, 4.69) is 106 Å². The Labute approximate surface area is 225 Å². The third-order valence-corrected chi connectivity index (χ3v) is 7.15. The molecule has 1 aromatic heterocycles. The van der Waals surface area contributed by atoms with E-state index in [1.54, 1.807) is 0 Å². The number of ether oxygens (including phenoxy) is 1. The molecule has 7 nitrogen and oxygen atoms in total. The highest BCUT2D eigenvalue weighted by Gasteiger charge is 2.30. The third kappa shape index (κ3) is 6.42. The number of nitrogens with zero attached hydrogens (tertiary/aromatic N) is 6. The lowest BCUT2D eigenvalue weighted by molar-refractivity contribution is 0.0225. The molecule has 196 valence electrons. The van der Waals surface area contributed by atoms with Crippen LogP contribution in [0.25, 0.3) is 11.8 Å². The van der Waals surface area contributed by atoms with Crippen molar-refractivity contribution >= 4 is 6.08 Å². The normalized spacial score (nSPS) is 15.7. The van der Waals surface area contributed by atoms with Gasteiger partial charge in [0.15, 0.2) is 5.82 Å². The van der Waals surface area contributed by atoms with Crippen molar-refractivity contribution in [2.45, 2.75) is 26.5 Å². The molecule has 1 atom stereocenters. The Bertz CT molecular complexity index is 1290. The summed E-state index contributed by atoms with van der Waals surface area (Å²) in [6, 6.07) is 27.0. The Morgan fingerprint density at radius 2 is 1.53 bits per heavy atom. The number of rotatable bonds is 10. The van der Waals surface area contributed by atoms with Gasteiger partial charge in [0.2, 0.25) is 0 Å². The molecule has 0 unspecified atom stereocenters. The minimum atomic E-state index is -0.0465. The van der Waals surface area contributed by atoms with Crippen molar-refractivity contribution in [3.05, 3.63) is 113 Å². The van der Waals surface area contributed by atoms with Crippen molar-refractivity contribution in [2.24, 2.45) is 0 Å². The Balaban J connectivity index is 1.30. The summed E-state index contributed by atoms with van der Waals surface area (Å²) in [7, 11) is 0. The van der Waals surface area contributed by atoms with E-state index < -0.39 is 0 Å². The Morgan fingerprint density at radius 1 is 0.842 bits per heavy atom. The SMILES string of the molecule is Cc1cccc(C)c1-n1nnnc1[C@H](COCc1ccccc1)N1CCN(C/C=C/c2ccccc2)CC1. The first-order valence-electron chi connectivity index (χ1n) is 13.3. The predicted octanol–water partition coefficient (Wildman–Crippen LogP) is 4.87. The molecule has 5 rings (SSSR count).